The molecule has 1 N–H and O–H groups in total. The van der Waals surface area contributed by atoms with Gasteiger partial charge in [0.2, 0.25) is 0 Å². The van der Waals surface area contributed by atoms with Crippen LogP contribution in [-0.4, -0.2) is 28.0 Å². The van der Waals surface area contributed by atoms with E-state index in [-0.39, 0.29) is 0 Å². The molecule has 1 saturated heterocycles. The van der Waals surface area contributed by atoms with Gasteiger partial charge in [0.25, 0.3) is 0 Å². The Labute approximate surface area is 137 Å². The third kappa shape index (κ3) is 3.02. The monoisotopic (exact) mass is 305 g/mol. The minimum atomic E-state index is 0.872. The van der Waals surface area contributed by atoms with Crippen LogP contribution in [-0.2, 0) is 6.54 Å². The molecule has 0 aliphatic carbocycles. The zero-order chi connectivity index (χ0) is 15.6. The second-order valence-corrected chi connectivity index (χ2v) is 6.72. The minimum Gasteiger partial charge on any atom is -0.338 e. The van der Waals surface area contributed by atoms with Gasteiger partial charge in [0.1, 0.15) is 5.82 Å². The number of rotatable bonds is 3. The number of hydrogen-bond donors (Lipinski definition) is 1. The molecule has 0 spiro atoms. The van der Waals surface area contributed by atoms with E-state index in [1.54, 1.807) is 0 Å². The van der Waals surface area contributed by atoms with Gasteiger partial charge in [0.05, 0.1) is 11.0 Å². The fraction of sp³-hybridized carbons (Fsp3) is 0.350. The number of nitrogens with zero attached hydrogens (tertiary/aromatic N) is 2. The van der Waals surface area contributed by atoms with Crippen molar-refractivity contribution in [3.63, 3.8) is 0 Å². The predicted molar refractivity (Wildman–Crippen MR) is 95.2 cm³/mol. The first-order valence-corrected chi connectivity index (χ1v) is 8.55. The van der Waals surface area contributed by atoms with Gasteiger partial charge >= 0.3 is 0 Å². The molecule has 1 aromatic heterocycles. The van der Waals surface area contributed by atoms with E-state index in [9.17, 15) is 0 Å². The van der Waals surface area contributed by atoms with E-state index >= 15 is 0 Å². The van der Waals surface area contributed by atoms with Crippen molar-refractivity contribution in [3.05, 3.63) is 54.1 Å². The van der Waals surface area contributed by atoms with Crippen molar-refractivity contribution in [1.29, 1.82) is 0 Å². The summed E-state index contributed by atoms with van der Waals surface area (Å²) in [6.45, 7) is 5.78. The summed E-state index contributed by atoms with van der Waals surface area (Å²) in [4.78, 5) is 10.8. The maximum absolute atomic E-state index is 4.77. The number of benzene rings is 2. The lowest BCUT2D eigenvalue weighted by atomic mass is 9.98. The van der Waals surface area contributed by atoms with Crippen LogP contribution in [0.5, 0.6) is 0 Å². The molecule has 0 unspecified atom stereocenters. The Hall–Kier alpha value is -2.13. The average molecular weight is 305 g/mol. The maximum Gasteiger partial charge on any atom is 0.138 e. The molecule has 2 heterocycles. The van der Waals surface area contributed by atoms with E-state index in [0.717, 1.165) is 29.3 Å². The summed E-state index contributed by atoms with van der Waals surface area (Å²) in [6, 6.07) is 16.9. The number of aromatic nitrogens is 2. The van der Waals surface area contributed by atoms with Crippen molar-refractivity contribution in [2.24, 2.45) is 5.92 Å². The van der Waals surface area contributed by atoms with Crippen molar-refractivity contribution in [1.82, 2.24) is 14.9 Å². The van der Waals surface area contributed by atoms with Crippen LogP contribution >= 0.6 is 0 Å². The Kier molecular flexibility index (Phi) is 3.88. The predicted octanol–water partition coefficient (Wildman–Crippen LogP) is 4.46. The molecular weight excluding hydrogens is 282 g/mol. The first-order chi connectivity index (χ1) is 11.3. The van der Waals surface area contributed by atoms with Gasteiger partial charge in [-0.05, 0) is 49.5 Å². The van der Waals surface area contributed by atoms with Crippen LogP contribution < -0.4 is 0 Å². The van der Waals surface area contributed by atoms with Crippen molar-refractivity contribution in [2.75, 3.05) is 13.1 Å². The number of aromatic amines is 1. The molecule has 118 valence electrons. The summed E-state index contributed by atoms with van der Waals surface area (Å²) in [6.07, 6.45) is 2.62. The van der Waals surface area contributed by atoms with Gasteiger partial charge in [-0.3, -0.25) is 4.90 Å². The van der Waals surface area contributed by atoms with E-state index in [0.29, 0.717) is 0 Å². The molecule has 1 fully saturated rings. The molecule has 0 bridgehead atoms. The van der Waals surface area contributed by atoms with Crippen LogP contribution in [0.4, 0.5) is 0 Å². The zero-order valence-electron chi connectivity index (χ0n) is 13.6. The molecule has 23 heavy (non-hydrogen) atoms. The van der Waals surface area contributed by atoms with Crippen LogP contribution in [0, 0.1) is 5.92 Å². The quantitative estimate of drug-likeness (QED) is 0.774. The number of piperidine rings is 1. The summed E-state index contributed by atoms with van der Waals surface area (Å²) >= 11 is 0. The second-order valence-electron chi connectivity index (χ2n) is 6.72. The Morgan fingerprint density at radius 3 is 2.61 bits per heavy atom. The fourth-order valence-electron chi connectivity index (χ4n) is 3.43. The van der Waals surface area contributed by atoms with Gasteiger partial charge in [-0.25, -0.2) is 4.98 Å². The fourth-order valence-corrected chi connectivity index (χ4v) is 3.43. The molecule has 0 radical (unpaired) electrons. The molecule has 4 rings (SSSR count). The number of fused-ring (bicyclic) bond motifs is 1. The Bertz CT molecular complexity index is 764. The zero-order valence-corrected chi connectivity index (χ0v) is 13.6. The molecule has 1 aliphatic heterocycles. The largest absolute Gasteiger partial charge is 0.338 e. The second kappa shape index (κ2) is 6.17. The summed E-state index contributed by atoms with van der Waals surface area (Å²) in [5, 5.41) is 0. The van der Waals surface area contributed by atoms with Gasteiger partial charge in [0.15, 0.2) is 0 Å². The topological polar surface area (TPSA) is 31.9 Å². The van der Waals surface area contributed by atoms with Crippen molar-refractivity contribution >= 4 is 11.0 Å². The Balaban J connectivity index is 1.64. The molecule has 1 aliphatic rings. The van der Waals surface area contributed by atoms with Gasteiger partial charge in [-0.15, -0.1) is 0 Å². The number of hydrogen-bond acceptors (Lipinski definition) is 2. The lowest BCUT2D eigenvalue weighted by Gasteiger charge is -2.30. The molecule has 0 amide bonds. The van der Waals surface area contributed by atoms with Crippen LogP contribution in [0.15, 0.2) is 48.5 Å². The van der Waals surface area contributed by atoms with Crippen LogP contribution in [0.3, 0.4) is 0 Å². The third-order valence-corrected chi connectivity index (χ3v) is 4.93. The number of nitrogens with one attached hydrogen (secondary N) is 1. The van der Waals surface area contributed by atoms with E-state index in [4.69, 9.17) is 4.98 Å². The first-order valence-electron chi connectivity index (χ1n) is 8.55. The highest BCUT2D eigenvalue weighted by molar-refractivity contribution is 5.79. The lowest BCUT2D eigenvalue weighted by Crippen LogP contribution is -2.32. The lowest BCUT2D eigenvalue weighted by molar-refractivity contribution is 0.185. The number of para-hydroxylation sites is 2. The highest BCUT2D eigenvalue weighted by atomic mass is 15.1. The van der Waals surface area contributed by atoms with Gasteiger partial charge in [-0.1, -0.05) is 43.3 Å². The van der Waals surface area contributed by atoms with E-state index < -0.39 is 0 Å². The van der Waals surface area contributed by atoms with Crippen molar-refractivity contribution in [3.8, 4) is 11.4 Å². The molecule has 0 saturated carbocycles. The van der Waals surface area contributed by atoms with Gasteiger partial charge < -0.3 is 4.98 Å². The highest BCUT2D eigenvalue weighted by Crippen LogP contribution is 2.26. The summed E-state index contributed by atoms with van der Waals surface area (Å²) in [5.74, 6) is 1.85. The number of H-pyrrole nitrogens is 1. The number of imidazole rings is 1. The molecule has 3 aromatic rings. The highest BCUT2D eigenvalue weighted by Gasteiger charge is 2.17. The molecular formula is C20H23N3. The van der Waals surface area contributed by atoms with Crippen LogP contribution in [0.2, 0.25) is 0 Å². The summed E-state index contributed by atoms with van der Waals surface area (Å²) in [7, 11) is 0. The number of likely N-dealkylation sites (tertiary alicyclic amines) is 1. The van der Waals surface area contributed by atoms with E-state index in [1.165, 1.54) is 37.1 Å². The average Bonchev–Trinajstić information content (AvgIpc) is 3.01. The summed E-state index contributed by atoms with van der Waals surface area (Å²) < 4.78 is 0. The molecule has 3 heteroatoms. The maximum atomic E-state index is 4.77. The normalized spacial score (nSPS) is 16.9. The summed E-state index contributed by atoms with van der Waals surface area (Å²) in [5.41, 5.74) is 4.72. The SMILES string of the molecule is CC1CCN(Cc2ccccc2-c2nc3ccccc3[nH]2)CC1. The van der Waals surface area contributed by atoms with Gasteiger partial charge in [0, 0.05) is 12.1 Å². The first kappa shape index (κ1) is 14.5. The third-order valence-electron chi connectivity index (χ3n) is 4.93. The molecule has 0 atom stereocenters. The van der Waals surface area contributed by atoms with Crippen LogP contribution in [0.1, 0.15) is 25.3 Å². The smallest absolute Gasteiger partial charge is 0.138 e. The van der Waals surface area contributed by atoms with Crippen LogP contribution in [0.25, 0.3) is 22.4 Å². The van der Waals surface area contributed by atoms with Crippen molar-refractivity contribution < 1.29 is 0 Å². The van der Waals surface area contributed by atoms with E-state index in [1.807, 2.05) is 12.1 Å². The Morgan fingerprint density at radius 1 is 1.04 bits per heavy atom. The van der Waals surface area contributed by atoms with Gasteiger partial charge in [-0.2, -0.15) is 0 Å². The molecule has 2 aromatic carbocycles. The Morgan fingerprint density at radius 2 is 1.78 bits per heavy atom. The van der Waals surface area contributed by atoms with E-state index in [2.05, 4.69) is 53.2 Å². The minimum absolute atomic E-state index is 0.872. The van der Waals surface area contributed by atoms with Crippen molar-refractivity contribution in [2.45, 2.75) is 26.3 Å². The standard InChI is InChI=1S/C20H23N3/c1-15-10-12-23(13-11-15)14-16-6-2-3-7-17(16)20-21-18-8-4-5-9-19(18)22-20/h2-9,15H,10-14H2,1H3,(H,21,22). The molecule has 3 nitrogen and oxygen atoms in total.